The van der Waals surface area contributed by atoms with Gasteiger partial charge in [-0.05, 0) is 18.9 Å². The minimum atomic E-state index is 0.625. The third kappa shape index (κ3) is 30.4. The van der Waals surface area contributed by atoms with Crippen LogP contribution in [0.3, 0.4) is 0 Å². The van der Waals surface area contributed by atoms with Crippen molar-refractivity contribution in [2.24, 2.45) is 5.92 Å². The van der Waals surface area contributed by atoms with Crippen LogP contribution >= 0.6 is 0 Å². The molecule has 0 radical (unpaired) electrons. The van der Waals surface area contributed by atoms with E-state index in [1.165, 1.54) is 19.4 Å². The monoisotopic (exact) mass is 290 g/mol. The Hall–Kier alpha value is -0.610. The van der Waals surface area contributed by atoms with E-state index < -0.39 is 0 Å². The summed E-state index contributed by atoms with van der Waals surface area (Å²) in [5.41, 5.74) is 0. The highest BCUT2D eigenvalue weighted by Gasteiger charge is 2.07. The number of ether oxygens (including phenoxy) is 1. The first-order valence-electron chi connectivity index (χ1n) is 7.99. The minimum Gasteiger partial charge on any atom is -0.379 e. The summed E-state index contributed by atoms with van der Waals surface area (Å²) >= 11 is 0. The topological polar surface area (TPSA) is 41.6 Å². The van der Waals surface area contributed by atoms with Gasteiger partial charge in [-0.15, -0.1) is 0 Å². The van der Waals surface area contributed by atoms with E-state index in [9.17, 15) is 0 Å². The van der Waals surface area contributed by atoms with Crippen molar-refractivity contribution in [3.63, 3.8) is 0 Å². The predicted molar refractivity (Wildman–Crippen MR) is 89.2 cm³/mol. The molecule has 0 atom stereocenters. The third-order valence-corrected chi connectivity index (χ3v) is 2.05. The van der Waals surface area contributed by atoms with Crippen molar-refractivity contribution in [2.75, 3.05) is 39.9 Å². The maximum Gasteiger partial charge on any atom is 0.206 e. The van der Waals surface area contributed by atoms with Crippen LogP contribution in [-0.2, 0) is 9.53 Å². The molecule has 4 nitrogen and oxygen atoms in total. The number of nitrogens with zero attached hydrogens (tertiary/aromatic N) is 1. The fourth-order valence-corrected chi connectivity index (χ4v) is 1.21. The molecule has 124 valence electrons. The van der Waals surface area contributed by atoms with E-state index in [1.807, 2.05) is 13.8 Å². The van der Waals surface area contributed by atoms with Crippen molar-refractivity contribution >= 4 is 6.41 Å². The van der Waals surface area contributed by atoms with E-state index in [4.69, 9.17) is 9.53 Å². The van der Waals surface area contributed by atoms with Crippen LogP contribution in [0.15, 0.2) is 0 Å². The molecule has 1 fully saturated rings. The highest BCUT2D eigenvalue weighted by molar-refractivity contribution is 5.44. The summed E-state index contributed by atoms with van der Waals surface area (Å²) in [4.78, 5) is 11.5. The van der Waals surface area contributed by atoms with E-state index >= 15 is 0 Å². The van der Waals surface area contributed by atoms with Crippen molar-refractivity contribution < 1.29 is 9.53 Å². The van der Waals surface area contributed by atoms with E-state index in [0.29, 0.717) is 6.41 Å². The smallest absolute Gasteiger partial charge is 0.206 e. The second-order valence-corrected chi connectivity index (χ2v) is 4.95. The standard InChI is InChI=1S/C8H17NO.C4H10.C2H5NO.C2H6/c1-2-3-4-9-5-7-10-8-6-9;1-4(2)3;1-3-2-4;1-2/h2-8H2,1H3;4H,1-3H3;2H,1H3,(H,3,4);1-2H3. The molecule has 1 aliphatic rings. The van der Waals surface area contributed by atoms with E-state index in [1.54, 1.807) is 7.05 Å². The summed E-state index contributed by atoms with van der Waals surface area (Å²) in [6, 6.07) is 0. The minimum absolute atomic E-state index is 0.625. The predicted octanol–water partition coefficient (Wildman–Crippen LogP) is 3.17. The Labute approximate surface area is 127 Å². The number of hydrogen-bond acceptors (Lipinski definition) is 3. The number of carbonyl (C=O) groups is 1. The Balaban J connectivity index is -0.000000243. The summed E-state index contributed by atoms with van der Waals surface area (Å²) < 4.78 is 5.24. The van der Waals surface area contributed by atoms with Crippen molar-refractivity contribution in [1.82, 2.24) is 10.2 Å². The Kier molecular flexibility index (Phi) is 28.7. The van der Waals surface area contributed by atoms with Gasteiger partial charge in [0.15, 0.2) is 0 Å². The first-order chi connectivity index (χ1) is 9.58. The Bertz CT molecular complexity index is 156. The molecule has 0 saturated carbocycles. The van der Waals surface area contributed by atoms with E-state index in [2.05, 4.69) is 37.9 Å². The molecule has 1 N–H and O–H groups in total. The summed E-state index contributed by atoms with van der Waals surface area (Å²) in [5.74, 6) is 0.833. The molecule has 0 bridgehead atoms. The molecule has 0 spiro atoms. The van der Waals surface area contributed by atoms with Gasteiger partial charge < -0.3 is 10.1 Å². The molecule has 20 heavy (non-hydrogen) atoms. The number of carbonyl (C=O) groups excluding carboxylic acids is 1. The summed E-state index contributed by atoms with van der Waals surface area (Å²) in [6.45, 7) is 18.1. The molecule has 0 aromatic carbocycles. The fraction of sp³-hybridized carbons (Fsp3) is 0.938. The zero-order valence-electron chi connectivity index (χ0n) is 14.9. The van der Waals surface area contributed by atoms with Crippen LogP contribution < -0.4 is 5.32 Å². The van der Waals surface area contributed by atoms with Crippen LogP contribution in [0.4, 0.5) is 0 Å². The molecular formula is C16H38N2O2. The molecular weight excluding hydrogens is 252 g/mol. The molecule has 1 rings (SSSR count). The van der Waals surface area contributed by atoms with Crippen LogP contribution in [0.1, 0.15) is 54.4 Å². The van der Waals surface area contributed by atoms with Gasteiger partial charge in [-0.3, -0.25) is 9.69 Å². The molecule has 1 heterocycles. The van der Waals surface area contributed by atoms with E-state index in [0.717, 1.165) is 32.2 Å². The summed E-state index contributed by atoms with van der Waals surface area (Å²) in [6.07, 6.45) is 3.26. The van der Waals surface area contributed by atoms with E-state index in [-0.39, 0.29) is 0 Å². The largest absolute Gasteiger partial charge is 0.379 e. The maximum absolute atomic E-state index is 9.06. The molecule has 0 aliphatic carbocycles. The first kappa shape index (κ1) is 24.4. The summed E-state index contributed by atoms with van der Waals surface area (Å²) in [5, 5.41) is 2.25. The Morgan fingerprint density at radius 3 is 1.90 bits per heavy atom. The number of amides is 1. The highest BCUT2D eigenvalue weighted by Crippen LogP contribution is 1.98. The zero-order valence-corrected chi connectivity index (χ0v) is 14.9. The zero-order chi connectivity index (χ0) is 16.2. The molecule has 1 aliphatic heterocycles. The number of unbranched alkanes of at least 4 members (excludes halogenated alkanes) is 1. The number of morpholine rings is 1. The van der Waals surface area contributed by atoms with Crippen molar-refractivity contribution in [1.29, 1.82) is 0 Å². The maximum atomic E-state index is 9.06. The number of rotatable bonds is 4. The van der Waals surface area contributed by atoms with Crippen LogP contribution in [0, 0.1) is 5.92 Å². The molecule has 4 heteroatoms. The van der Waals surface area contributed by atoms with Crippen LogP contribution in [0.2, 0.25) is 0 Å². The second kappa shape index (κ2) is 23.5. The van der Waals surface area contributed by atoms with Crippen molar-refractivity contribution in [3.05, 3.63) is 0 Å². The van der Waals surface area contributed by atoms with Crippen LogP contribution in [0.25, 0.3) is 0 Å². The first-order valence-corrected chi connectivity index (χ1v) is 7.99. The Morgan fingerprint density at radius 2 is 1.60 bits per heavy atom. The lowest BCUT2D eigenvalue weighted by atomic mass is 10.3. The molecule has 0 aromatic rings. The summed E-state index contributed by atoms with van der Waals surface area (Å²) in [7, 11) is 1.56. The normalized spacial score (nSPS) is 13.8. The molecule has 1 amide bonds. The number of hydrogen-bond donors (Lipinski definition) is 1. The second-order valence-electron chi connectivity index (χ2n) is 4.95. The van der Waals surface area contributed by atoms with Gasteiger partial charge in [-0.1, -0.05) is 48.0 Å². The van der Waals surface area contributed by atoms with Gasteiger partial charge in [-0.2, -0.15) is 0 Å². The highest BCUT2D eigenvalue weighted by atomic mass is 16.5. The van der Waals surface area contributed by atoms with Gasteiger partial charge in [0.1, 0.15) is 0 Å². The molecule has 1 saturated heterocycles. The van der Waals surface area contributed by atoms with Crippen molar-refractivity contribution in [2.45, 2.75) is 54.4 Å². The van der Waals surface area contributed by atoms with Crippen LogP contribution in [-0.4, -0.2) is 51.2 Å². The Morgan fingerprint density at radius 1 is 1.20 bits per heavy atom. The van der Waals surface area contributed by atoms with Gasteiger partial charge in [0, 0.05) is 20.1 Å². The lowest BCUT2D eigenvalue weighted by molar-refractivity contribution is -0.109. The lowest BCUT2D eigenvalue weighted by Gasteiger charge is -2.26. The SMILES string of the molecule is CC.CC(C)C.CCCCN1CCOCC1.CNC=O. The van der Waals surface area contributed by atoms with Crippen LogP contribution in [0.5, 0.6) is 0 Å². The molecule has 0 aromatic heterocycles. The third-order valence-electron chi connectivity index (χ3n) is 2.05. The van der Waals surface area contributed by atoms with Gasteiger partial charge in [-0.25, -0.2) is 0 Å². The molecule has 0 unspecified atom stereocenters. The average Bonchev–Trinajstić information content (AvgIpc) is 2.48. The van der Waals surface area contributed by atoms with Gasteiger partial charge in [0.05, 0.1) is 13.2 Å². The van der Waals surface area contributed by atoms with Gasteiger partial charge in [0.25, 0.3) is 0 Å². The van der Waals surface area contributed by atoms with Crippen molar-refractivity contribution in [3.8, 4) is 0 Å². The quantitative estimate of drug-likeness (QED) is 0.809. The lowest BCUT2D eigenvalue weighted by Crippen LogP contribution is -2.36. The number of nitrogens with one attached hydrogen (secondary N) is 1. The van der Waals surface area contributed by atoms with Gasteiger partial charge in [0.2, 0.25) is 6.41 Å². The average molecular weight is 290 g/mol. The van der Waals surface area contributed by atoms with Gasteiger partial charge >= 0.3 is 0 Å². The fourth-order valence-electron chi connectivity index (χ4n) is 1.21.